The Morgan fingerprint density at radius 2 is 2.00 bits per heavy atom. The van der Waals surface area contributed by atoms with Gasteiger partial charge < -0.3 is 10.3 Å². The van der Waals surface area contributed by atoms with E-state index >= 15 is 0 Å². The van der Waals surface area contributed by atoms with Crippen molar-refractivity contribution in [3.63, 3.8) is 0 Å². The molecule has 94 valence electrons. The largest absolute Gasteiger partial charge is 0.383 e. The van der Waals surface area contributed by atoms with Gasteiger partial charge in [-0.2, -0.15) is 0 Å². The first kappa shape index (κ1) is 11.3. The maximum atomic E-state index is 6.13. The van der Waals surface area contributed by atoms with Crippen molar-refractivity contribution in [1.29, 1.82) is 0 Å². The molecule has 0 radical (unpaired) electrons. The maximum absolute atomic E-state index is 6.13. The van der Waals surface area contributed by atoms with E-state index in [2.05, 4.69) is 36.2 Å². The van der Waals surface area contributed by atoms with Crippen LogP contribution < -0.4 is 5.73 Å². The number of aryl methyl sites for hydroxylation is 1. The van der Waals surface area contributed by atoms with Crippen LogP contribution in [0.2, 0.25) is 0 Å². The molecular formula is C15H19N3. The second-order valence-electron chi connectivity index (χ2n) is 5.07. The van der Waals surface area contributed by atoms with E-state index in [-0.39, 0.29) is 0 Å². The van der Waals surface area contributed by atoms with Gasteiger partial charge in [-0.05, 0) is 30.7 Å². The van der Waals surface area contributed by atoms with Gasteiger partial charge in [0, 0.05) is 12.1 Å². The molecule has 2 N–H and O–H groups in total. The molecule has 0 amide bonds. The average Bonchev–Trinajstić information content (AvgIpc) is 3.17. The number of imidazole rings is 1. The van der Waals surface area contributed by atoms with E-state index in [9.17, 15) is 0 Å². The molecule has 3 heteroatoms. The van der Waals surface area contributed by atoms with E-state index in [0.29, 0.717) is 0 Å². The molecule has 0 bridgehead atoms. The lowest BCUT2D eigenvalue weighted by molar-refractivity contribution is 0.686. The third kappa shape index (κ3) is 2.01. The molecule has 0 unspecified atom stereocenters. The van der Waals surface area contributed by atoms with Gasteiger partial charge in [0.2, 0.25) is 0 Å². The first-order chi connectivity index (χ1) is 8.79. The number of aromatic nitrogens is 2. The normalized spacial score (nSPS) is 14.9. The van der Waals surface area contributed by atoms with Crippen LogP contribution in [0.3, 0.4) is 0 Å². The Morgan fingerprint density at radius 3 is 2.61 bits per heavy atom. The monoisotopic (exact) mass is 241 g/mol. The topological polar surface area (TPSA) is 43.8 Å². The molecule has 18 heavy (non-hydrogen) atoms. The van der Waals surface area contributed by atoms with Gasteiger partial charge >= 0.3 is 0 Å². The summed E-state index contributed by atoms with van der Waals surface area (Å²) in [5, 5.41) is 0. The first-order valence-electron chi connectivity index (χ1n) is 6.70. The van der Waals surface area contributed by atoms with Crippen LogP contribution in [0.4, 0.5) is 5.82 Å². The average molecular weight is 241 g/mol. The fourth-order valence-electron chi connectivity index (χ4n) is 2.36. The minimum Gasteiger partial charge on any atom is -0.383 e. The number of hydrogen-bond acceptors (Lipinski definition) is 2. The van der Waals surface area contributed by atoms with Crippen molar-refractivity contribution in [3.8, 4) is 11.3 Å². The lowest BCUT2D eigenvalue weighted by Gasteiger charge is -2.04. The molecule has 0 spiro atoms. The van der Waals surface area contributed by atoms with E-state index in [1.807, 2.05) is 10.9 Å². The smallest absolute Gasteiger partial charge is 0.131 e. The lowest BCUT2D eigenvalue weighted by atomic mass is 10.1. The lowest BCUT2D eigenvalue weighted by Crippen LogP contribution is -2.01. The van der Waals surface area contributed by atoms with Crippen molar-refractivity contribution in [2.24, 2.45) is 0 Å². The summed E-state index contributed by atoms with van der Waals surface area (Å²) in [6.45, 7) is 3.07. The second kappa shape index (κ2) is 4.48. The highest BCUT2D eigenvalue weighted by atomic mass is 15.1. The first-order valence-corrected chi connectivity index (χ1v) is 6.70. The summed E-state index contributed by atoms with van der Waals surface area (Å²) < 4.78 is 2.02. The number of hydrogen-bond donors (Lipinski definition) is 1. The Hall–Kier alpha value is -1.77. The van der Waals surface area contributed by atoms with Gasteiger partial charge in [0.05, 0.1) is 6.33 Å². The number of nitrogen functional groups attached to an aromatic ring is 1. The molecule has 2 aromatic rings. The fourth-order valence-corrected chi connectivity index (χ4v) is 2.36. The number of rotatable bonds is 4. The van der Waals surface area contributed by atoms with Crippen LogP contribution in [0.1, 0.15) is 37.7 Å². The SMILES string of the molecule is CCCn1cnc(-c2ccc(C3CC3)cc2)c1N. The Morgan fingerprint density at radius 1 is 1.28 bits per heavy atom. The van der Waals surface area contributed by atoms with E-state index in [0.717, 1.165) is 36.0 Å². The summed E-state index contributed by atoms with van der Waals surface area (Å²) in [6, 6.07) is 8.71. The van der Waals surface area contributed by atoms with Gasteiger partial charge in [-0.1, -0.05) is 31.2 Å². The molecule has 3 nitrogen and oxygen atoms in total. The van der Waals surface area contributed by atoms with E-state index in [1.54, 1.807) is 0 Å². The number of anilines is 1. The molecule has 1 saturated carbocycles. The Kier molecular flexibility index (Phi) is 2.82. The summed E-state index contributed by atoms with van der Waals surface area (Å²) in [6.07, 6.45) is 5.59. The molecule has 0 atom stereocenters. The molecule has 1 aromatic carbocycles. The van der Waals surface area contributed by atoms with E-state index < -0.39 is 0 Å². The zero-order valence-electron chi connectivity index (χ0n) is 10.8. The molecule has 1 aromatic heterocycles. The Labute approximate surface area is 108 Å². The molecule has 1 aliphatic rings. The summed E-state index contributed by atoms with van der Waals surface area (Å²) in [4.78, 5) is 4.43. The van der Waals surface area contributed by atoms with Crippen molar-refractivity contribution in [2.75, 3.05) is 5.73 Å². The molecule has 3 rings (SSSR count). The van der Waals surface area contributed by atoms with Crippen LogP contribution in [0.25, 0.3) is 11.3 Å². The highest BCUT2D eigenvalue weighted by Gasteiger charge is 2.23. The fraction of sp³-hybridized carbons (Fsp3) is 0.400. The zero-order valence-corrected chi connectivity index (χ0v) is 10.8. The van der Waals surface area contributed by atoms with Crippen LogP contribution in [0.5, 0.6) is 0 Å². The van der Waals surface area contributed by atoms with Crippen molar-refractivity contribution >= 4 is 5.82 Å². The van der Waals surface area contributed by atoms with Crippen LogP contribution in [-0.4, -0.2) is 9.55 Å². The quantitative estimate of drug-likeness (QED) is 0.891. The Bertz CT molecular complexity index is 535. The van der Waals surface area contributed by atoms with Crippen LogP contribution in [-0.2, 0) is 6.54 Å². The van der Waals surface area contributed by atoms with Gasteiger partial charge in [-0.25, -0.2) is 4.98 Å². The minimum absolute atomic E-state index is 0.774. The third-order valence-corrected chi connectivity index (χ3v) is 3.58. The maximum Gasteiger partial charge on any atom is 0.131 e. The van der Waals surface area contributed by atoms with Crippen molar-refractivity contribution < 1.29 is 0 Å². The van der Waals surface area contributed by atoms with Gasteiger partial charge in [0.15, 0.2) is 0 Å². The standard InChI is InChI=1S/C15H19N3/c1-2-9-18-10-17-14(15(18)16)13-7-5-12(6-8-13)11-3-4-11/h5-8,10-11H,2-4,9,16H2,1H3. The summed E-state index contributed by atoms with van der Waals surface area (Å²) >= 11 is 0. The molecule has 1 heterocycles. The highest BCUT2D eigenvalue weighted by molar-refractivity contribution is 5.70. The van der Waals surface area contributed by atoms with Crippen LogP contribution in [0.15, 0.2) is 30.6 Å². The van der Waals surface area contributed by atoms with Gasteiger partial charge in [0.1, 0.15) is 11.5 Å². The van der Waals surface area contributed by atoms with Crippen molar-refractivity contribution in [1.82, 2.24) is 9.55 Å². The van der Waals surface area contributed by atoms with Gasteiger partial charge in [-0.3, -0.25) is 0 Å². The molecule has 1 fully saturated rings. The van der Waals surface area contributed by atoms with Crippen LogP contribution in [0, 0.1) is 0 Å². The number of nitrogens with zero attached hydrogens (tertiary/aromatic N) is 2. The number of benzene rings is 1. The van der Waals surface area contributed by atoms with Crippen molar-refractivity contribution in [3.05, 3.63) is 36.2 Å². The summed E-state index contributed by atoms with van der Waals surface area (Å²) in [7, 11) is 0. The third-order valence-electron chi connectivity index (χ3n) is 3.58. The summed E-state index contributed by atoms with van der Waals surface area (Å²) in [5.41, 5.74) is 9.61. The molecular weight excluding hydrogens is 222 g/mol. The predicted octanol–water partition coefficient (Wildman–Crippen LogP) is 3.42. The zero-order chi connectivity index (χ0) is 12.5. The van der Waals surface area contributed by atoms with Crippen LogP contribution >= 0.6 is 0 Å². The Balaban J connectivity index is 1.89. The summed E-state index contributed by atoms with van der Waals surface area (Å²) in [5.74, 6) is 1.57. The number of nitrogens with two attached hydrogens (primary N) is 1. The highest BCUT2D eigenvalue weighted by Crippen LogP contribution is 2.40. The van der Waals surface area contributed by atoms with Crippen molar-refractivity contribution in [2.45, 2.75) is 38.6 Å². The molecule has 0 saturated heterocycles. The molecule has 1 aliphatic carbocycles. The van der Waals surface area contributed by atoms with E-state index in [4.69, 9.17) is 5.73 Å². The molecule has 0 aliphatic heterocycles. The van der Waals surface area contributed by atoms with Gasteiger partial charge in [-0.15, -0.1) is 0 Å². The van der Waals surface area contributed by atoms with Gasteiger partial charge in [0.25, 0.3) is 0 Å². The predicted molar refractivity (Wildman–Crippen MR) is 74.3 cm³/mol. The van der Waals surface area contributed by atoms with E-state index in [1.165, 1.54) is 18.4 Å². The minimum atomic E-state index is 0.774. The second-order valence-corrected chi connectivity index (χ2v) is 5.07.